The van der Waals surface area contributed by atoms with Crippen molar-refractivity contribution >= 4 is 49.6 Å². The number of fused-ring (bicyclic) bond motifs is 1. The highest BCUT2D eigenvalue weighted by atomic mass is 32.2. The zero-order valence-electron chi connectivity index (χ0n) is 17.4. The van der Waals surface area contributed by atoms with Gasteiger partial charge in [-0.3, -0.25) is 4.79 Å². The Morgan fingerprint density at radius 1 is 1.26 bits per heavy atom. The van der Waals surface area contributed by atoms with Gasteiger partial charge in [0.25, 0.3) is 10.0 Å². The van der Waals surface area contributed by atoms with E-state index in [0.29, 0.717) is 34.2 Å². The molecule has 0 saturated carbocycles. The van der Waals surface area contributed by atoms with Crippen LogP contribution in [0, 0.1) is 5.92 Å². The van der Waals surface area contributed by atoms with E-state index in [1.54, 1.807) is 24.4 Å². The average Bonchev–Trinajstić information content (AvgIpc) is 3.42. The molecule has 0 bridgehead atoms. The summed E-state index contributed by atoms with van der Waals surface area (Å²) in [5.41, 5.74) is 1.48. The highest BCUT2D eigenvalue weighted by Gasteiger charge is 2.35. The number of amides is 1. The molecule has 0 radical (unpaired) electrons. The van der Waals surface area contributed by atoms with Crippen LogP contribution in [0.1, 0.15) is 53.4 Å². The first-order chi connectivity index (χ1) is 14.9. The molecule has 1 amide bonds. The second kappa shape index (κ2) is 9.40. The van der Waals surface area contributed by atoms with E-state index in [1.807, 2.05) is 0 Å². The molecule has 2 aromatic rings. The van der Waals surface area contributed by atoms with Crippen LogP contribution in [0.25, 0.3) is 0 Å². The van der Waals surface area contributed by atoms with Gasteiger partial charge in [-0.2, -0.15) is 4.31 Å². The molecule has 1 aliphatic carbocycles. The lowest BCUT2D eigenvalue weighted by atomic mass is 9.95. The molecule has 1 unspecified atom stereocenters. The molecular formula is C21H26N2O5S3. The van der Waals surface area contributed by atoms with Gasteiger partial charge in [0.05, 0.1) is 18.1 Å². The number of piperidine rings is 1. The van der Waals surface area contributed by atoms with Crippen molar-refractivity contribution in [2.45, 2.75) is 49.7 Å². The maximum atomic E-state index is 13.1. The number of hydrogen-bond acceptors (Lipinski definition) is 7. The van der Waals surface area contributed by atoms with Crippen molar-refractivity contribution in [3.63, 3.8) is 0 Å². The zero-order valence-corrected chi connectivity index (χ0v) is 19.8. The quantitative estimate of drug-likeness (QED) is 0.631. The fraction of sp³-hybridized carbons (Fsp3) is 0.524. The van der Waals surface area contributed by atoms with Crippen LogP contribution in [0.15, 0.2) is 21.7 Å². The third-order valence-electron chi connectivity index (χ3n) is 5.73. The van der Waals surface area contributed by atoms with Crippen LogP contribution in [0.5, 0.6) is 0 Å². The van der Waals surface area contributed by atoms with Crippen molar-refractivity contribution in [2.24, 2.45) is 5.92 Å². The fourth-order valence-corrected chi connectivity index (χ4v) is 8.15. The number of carbonyl (C=O) groups excluding carboxylic acids is 2. The SMILES string of the molecule is CCOC(=O)c1c(NC(=O)C2CCCN(S(=O)(=O)c3cccs3)C2)sc2c1CCCC2. The smallest absolute Gasteiger partial charge is 0.341 e. The summed E-state index contributed by atoms with van der Waals surface area (Å²) in [5, 5.41) is 5.21. The molecule has 0 spiro atoms. The molecule has 4 rings (SSSR count). The van der Waals surface area contributed by atoms with Gasteiger partial charge in [-0.25, -0.2) is 13.2 Å². The van der Waals surface area contributed by atoms with Gasteiger partial charge in [0.1, 0.15) is 9.21 Å². The number of ether oxygens (including phenoxy) is 1. The number of nitrogens with zero attached hydrogens (tertiary/aromatic N) is 1. The van der Waals surface area contributed by atoms with Crippen molar-refractivity contribution in [3.8, 4) is 0 Å². The van der Waals surface area contributed by atoms with Crippen molar-refractivity contribution in [1.82, 2.24) is 4.31 Å². The van der Waals surface area contributed by atoms with Crippen LogP contribution in [-0.4, -0.2) is 44.3 Å². The van der Waals surface area contributed by atoms with Gasteiger partial charge < -0.3 is 10.1 Å². The van der Waals surface area contributed by atoms with E-state index in [-0.39, 0.29) is 19.1 Å². The summed E-state index contributed by atoms with van der Waals surface area (Å²) in [4.78, 5) is 26.8. The normalized spacial score (nSPS) is 19.6. The molecule has 2 aliphatic rings. The number of thiophene rings is 2. The molecule has 10 heteroatoms. The third-order valence-corrected chi connectivity index (χ3v) is 10.2. The van der Waals surface area contributed by atoms with Crippen LogP contribution in [0.3, 0.4) is 0 Å². The molecule has 1 atom stereocenters. The van der Waals surface area contributed by atoms with Crippen molar-refractivity contribution in [2.75, 3.05) is 25.0 Å². The van der Waals surface area contributed by atoms with Crippen LogP contribution in [0.4, 0.5) is 5.00 Å². The maximum absolute atomic E-state index is 13.1. The summed E-state index contributed by atoms with van der Waals surface area (Å²) < 4.78 is 32.7. The predicted molar refractivity (Wildman–Crippen MR) is 121 cm³/mol. The van der Waals surface area contributed by atoms with Gasteiger partial charge in [-0.1, -0.05) is 6.07 Å². The van der Waals surface area contributed by atoms with Gasteiger partial charge in [-0.15, -0.1) is 22.7 Å². The van der Waals surface area contributed by atoms with E-state index in [2.05, 4.69) is 5.32 Å². The number of aryl methyl sites for hydroxylation is 1. The summed E-state index contributed by atoms with van der Waals surface area (Å²) in [5.74, 6) is -1.10. The molecule has 3 heterocycles. The summed E-state index contributed by atoms with van der Waals surface area (Å²) in [6, 6.07) is 3.30. The summed E-state index contributed by atoms with van der Waals surface area (Å²) >= 11 is 2.63. The molecule has 168 valence electrons. The topological polar surface area (TPSA) is 92.8 Å². The Morgan fingerprint density at radius 2 is 2.06 bits per heavy atom. The first-order valence-corrected chi connectivity index (χ1v) is 13.7. The number of esters is 1. The Hall–Kier alpha value is -1.75. The number of anilines is 1. The van der Waals surface area contributed by atoms with E-state index < -0.39 is 21.9 Å². The first-order valence-electron chi connectivity index (χ1n) is 10.6. The Labute approximate surface area is 190 Å². The molecular weight excluding hydrogens is 456 g/mol. The van der Waals surface area contributed by atoms with E-state index >= 15 is 0 Å². The lowest BCUT2D eigenvalue weighted by molar-refractivity contribution is -0.120. The molecule has 31 heavy (non-hydrogen) atoms. The van der Waals surface area contributed by atoms with Crippen molar-refractivity contribution in [3.05, 3.63) is 33.5 Å². The van der Waals surface area contributed by atoms with E-state index in [4.69, 9.17) is 4.74 Å². The molecule has 1 saturated heterocycles. The molecule has 0 aromatic carbocycles. The highest BCUT2D eigenvalue weighted by molar-refractivity contribution is 7.91. The minimum Gasteiger partial charge on any atom is -0.462 e. The highest BCUT2D eigenvalue weighted by Crippen LogP contribution is 2.39. The van der Waals surface area contributed by atoms with Crippen LogP contribution < -0.4 is 5.32 Å². The first kappa shape index (κ1) is 22.4. The van der Waals surface area contributed by atoms with Crippen LogP contribution in [-0.2, 0) is 32.4 Å². The summed E-state index contributed by atoms with van der Waals surface area (Å²) in [6.07, 6.45) is 5.03. The minimum atomic E-state index is -3.59. The number of nitrogens with one attached hydrogen (secondary N) is 1. The van der Waals surface area contributed by atoms with Crippen LogP contribution in [0.2, 0.25) is 0 Å². The average molecular weight is 483 g/mol. The standard InChI is InChI=1S/C21H26N2O5S3/c1-2-28-21(25)18-15-8-3-4-9-16(15)30-20(18)22-19(24)14-7-5-11-23(13-14)31(26,27)17-10-6-12-29-17/h6,10,12,14H,2-5,7-9,11,13H2,1H3,(H,22,24). The Kier molecular flexibility index (Phi) is 6.80. The van der Waals surface area contributed by atoms with Crippen molar-refractivity contribution in [1.29, 1.82) is 0 Å². The lowest BCUT2D eigenvalue weighted by Gasteiger charge is -2.30. The maximum Gasteiger partial charge on any atom is 0.341 e. The third kappa shape index (κ3) is 4.57. The second-order valence-electron chi connectivity index (χ2n) is 7.76. The van der Waals surface area contributed by atoms with E-state index in [9.17, 15) is 18.0 Å². The molecule has 1 N–H and O–H groups in total. The number of sulfonamides is 1. The lowest BCUT2D eigenvalue weighted by Crippen LogP contribution is -2.43. The van der Waals surface area contributed by atoms with Crippen LogP contribution >= 0.6 is 22.7 Å². The monoisotopic (exact) mass is 482 g/mol. The Bertz CT molecular complexity index is 1060. The summed E-state index contributed by atoms with van der Waals surface area (Å²) in [6.45, 7) is 2.59. The minimum absolute atomic E-state index is 0.145. The Balaban J connectivity index is 1.53. The molecule has 7 nitrogen and oxygen atoms in total. The molecule has 2 aromatic heterocycles. The van der Waals surface area contributed by atoms with Gasteiger partial charge in [0.2, 0.25) is 5.91 Å². The van der Waals surface area contributed by atoms with Gasteiger partial charge in [-0.05, 0) is 62.5 Å². The fourth-order valence-electron chi connectivity index (χ4n) is 4.20. The Morgan fingerprint density at radius 3 is 2.81 bits per heavy atom. The number of rotatable bonds is 6. The number of hydrogen-bond donors (Lipinski definition) is 1. The van der Waals surface area contributed by atoms with Crippen molar-refractivity contribution < 1.29 is 22.7 Å². The number of carbonyl (C=O) groups is 2. The second-order valence-corrected chi connectivity index (χ2v) is 12.0. The predicted octanol–water partition coefficient (Wildman–Crippen LogP) is 3.90. The van der Waals surface area contributed by atoms with E-state index in [0.717, 1.165) is 36.1 Å². The van der Waals surface area contributed by atoms with Gasteiger partial charge in [0, 0.05) is 18.0 Å². The van der Waals surface area contributed by atoms with Gasteiger partial charge >= 0.3 is 5.97 Å². The van der Waals surface area contributed by atoms with E-state index in [1.165, 1.54) is 27.0 Å². The zero-order chi connectivity index (χ0) is 22.0. The summed E-state index contributed by atoms with van der Waals surface area (Å²) in [7, 11) is -3.59. The van der Waals surface area contributed by atoms with Gasteiger partial charge in [0.15, 0.2) is 0 Å². The molecule has 1 fully saturated rings. The largest absolute Gasteiger partial charge is 0.462 e. The molecule has 1 aliphatic heterocycles.